The van der Waals surface area contributed by atoms with Crippen LogP contribution in [-0.4, -0.2) is 25.3 Å². The van der Waals surface area contributed by atoms with E-state index in [0.717, 1.165) is 44.9 Å². The maximum Gasteiger partial charge on any atom is 0.309 e. The first-order valence-corrected chi connectivity index (χ1v) is 8.47. The topological polar surface area (TPSA) is 35.5 Å². The third kappa shape index (κ3) is 4.21. The van der Waals surface area contributed by atoms with Crippen molar-refractivity contribution < 1.29 is 14.3 Å². The molecule has 0 amide bonds. The summed E-state index contributed by atoms with van der Waals surface area (Å²) >= 11 is 0. The van der Waals surface area contributed by atoms with Crippen molar-refractivity contribution in [3.8, 4) is 0 Å². The third-order valence-corrected chi connectivity index (χ3v) is 5.13. The first kappa shape index (κ1) is 15.8. The first-order chi connectivity index (χ1) is 9.74. The number of esters is 1. The van der Waals surface area contributed by atoms with Gasteiger partial charge >= 0.3 is 5.97 Å². The Morgan fingerprint density at radius 2 is 1.85 bits per heavy atom. The van der Waals surface area contributed by atoms with Gasteiger partial charge in [0.15, 0.2) is 0 Å². The van der Waals surface area contributed by atoms with Gasteiger partial charge in [0, 0.05) is 7.11 Å². The third-order valence-electron chi connectivity index (χ3n) is 5.13. The summed E-state index contributed by atoms with van der Waals surface area (Å²) in [6.07, 6.45) is 11.9. The molecule has 0 bridgehead atoms. The number of methoxy groups -OCH3 is 1. The average Bonchev–Trinajstić information content (AvgIpc) is 2.49. The number of carbonyl (C=O) groups excluding carboxylic acids is 1. The van der Waals surface area contributed by atoms with Crippen LogP contribution in [0.1, 0.15) is 71.1 Å². The van der Waals surface area contributed by atoms with E-state index in [1.165, 1.54) is 19.3 Å². The molecule has 2 aliphatic rings. The summed E-state index contributed by atoms with van der Waals surface area (Å²) in [5.74, 6) is 0.821. The standard InChI is InChI=1S/C17H30O3/c1-3-4-5-6-14-9-12-16(20-17(14)18)13-7-10-15(19-2)11-8-13/h13-16H,3-12H2,1-2H3. The van der Waals surface area contributed by atoms with E-state index in [-0.39, 0.29) is 18.0 Å². The Hall–Kier alpha value is -0.570. The van der Waals surface area contributed by atoms with Gasteiger partial charge in [-0.3, -0.25) is 4.79 Å². The van der Waals surface area contributed by atoms with Gasteiger partial charge < -0.3 is 9.47 Å². The summed E-state index contributed by atoms with van der Waals surface area (Å²) in [6.45, 7) is 2.20. The van der Waals surface area contributed by atoms with Crippen LogP contribution in [0.3, 0.4) is 0 Å². The molecule has 0 aromatic heterocycles. The summed E-state index contributed by atoms with van der Waals surface area (Å²) in [5, 5.41) is 0. The fraction of sp³-hybridized carbons (Fsp3) is 0.941. The van der Waals surface area contributed by atoms with Gasteiger partial charge in [-0.15, -0.1) is 0 Å². The van der Waals surface area contributed by atoms with Crippen LogP contribution >= 0.6 is 0 Å². The Balaban J connectivity index is 1.73. The van der Waals surface area contributed by atoms with Gasteiger partial charge in [0.05, 0.1) is 12.0 Å². The Morgan fingerprint density at radius 1 is 1.10 bits per heavy atom. The second-order valence-corrected chi connectivity index (χ2v) is 6.52. The highest BCUT2D eigenvalue weighted by atomic mass is 16.5. The lowest BCUT2D eigenvalue weighted by molar-refractivity contribution is -0.165. The van der Waals surface area contributed by atoms with Crippen molar-refractivity contribution in [1.82, 2.24) is 0 Å². The van der Waals surface area contributed by atoms with E-state index in [1.807, 2.05) is 0 Å². The lowest BCUT2D eigenvalue weighted by Gasteiger charge is -2.36. The summed E-state index contributed by atoms with van der Waals surface area (Å²) < 4.78 is 11.2. The van der Waals surface area contributed by atoms with Crippen molar-refractivity contribution in [2.24, 2.45) is 11.8 Å². The normalized spacial score (nSPS) is 34.8. The molecule has 2 fully saturated rings. The minimum Gasteiger partial charge on any atom is -0.462 e. The average molecular weight is 282 g/mol. The second kappa shape index (κ2) is 8.02. The smallest absolute Gasteiger partial charge is 0.309 e. The van der Waals surface area contributed by atoms with Crippen molar-refractivity contribution in [3.63, 3.8) is 0 Å². The molecule has 3 nitrogen and oxygen atoms in total. The monoisotopic (exact) mass is 282 g/mol. The lowest BCUT2D eigenvalue weighted by Crippen LogP contribution is -2.38. The minimum absolute atomic E-state index is 0.0752. The second-order valence-electron chi connectivity index (χ2n) is 6.52. The van der Waals surface area contributed by atoms with Gasteiger partial charge in [-0.1, -0.05) is 26.2 Å². The lowest BCUT2D eigenvalue weighted by atomic mass is 9.80. The largest absolute Gasteiger partial charge is 0.462 e. The Morgan fingerprint density at radius 3 is 2.45 bits per heavy atom. The number of unbranched alkanes of at least 4 members (excludes halogenated alkanes) is 2. The van der Waals surface area contributed by atoms with Gasteiger partial charge in [0.25, 0.3) is 0 Å². The zero-order chi connectivity index (χ0) is 14.4. The van der Waals surface area contributed by atoms with E-state index in [9.17, 15) is 4.79 Å². The number of cyclic esters (lactones) is 1. The van der Waals surface area contributed by atoms with Gasteiger partial charge in [0.2, 0.25) is 0 Å². The molecule has 1 aliphatic heterocycles. The summed E-state index contributed by atoms with van der Waals surface area (Å²) in [5.41, 5.74) is 0. The molecule has 116 valence electrons. The first-order valence-electron chi connectivity index (χ1n) is 8.47. The van der Waals surface area contributed by atoms with E-state index in [0.29, 0.717) is 12.0 Å². The van der Waals surface area contributed by atoms with Crippen LogP contribution in [0.4, 0.5) is 0 Å². The van der Waals surface area contributed by atoms with E-state index in [2.05, 4.69) is 6.92 Å². The van der Waals surface area contributed by atoms with Gasteiger partial charge in [-0.25, -0.2) is 0 Å². The van der Waals surface area contributed by atoms with Gasteiger partial charge in [-0.2, -0.15) is 0 Å². The van der Waals surface area contributed by atoms with Crippen LogP contribution in [0.2, 0.25) is 0 Å². The molecule has 2 atom stereocenters. The van der Waals surface area contributed by atoms with Gasteiger partial charge in [-0.05, 0) is 50.9 Å². The van der Waals surface area contributed by atoms with Gasteiger partial charge in [0.1, 0.15) is 6.10 Å². The number of ether oxygens (including phenoxy) is 2. The van der Waals surface area contributed by atoms with Crippen LogP contribution in [0.5, 0.6) is 0 Å². The molecular weight excluding hydrogens is 252 g/mol. The van der Waals surface area contributed by atoms with Crippen molar-refractivity contribution >= 4 is 5.97 Å². The highest BCUT2D eigenvalue weighted by Crippen LogP contribution is 2.35. The van der Waals surface area contributed by atoms with Crippen LogP contribution in [0.25, 0.3) is 0 Å². The predicted octanol–water partition coefficient (Wildman–Crippen LogP) is 4.09. The molecular formula is C17H30O3. The number of hydrogen-bond donors (Lipinski definition) is 0. The molecule has 0 radical (unpaired) electrons. The highest BCUT2D eigenvalue weighted by Gasteiger charge is 2.35. The van der Waals surface area contributed by atoms with Crippen LogP contribution in [0, 0.1) is 11.8 Å². The summed E-state index contributed by atoms with van der Waals surface area (Å²) in [4.78, 5) is 12.1. The predicted molar refractivity (Wildman–Crippen MR) is 79.5 cm³/mol. The fourth-order valence-corrected chi connectivity index (χ4v) is 3.72. The molecule has 1 aliphatic carbocycles. The molecule has 2 rings (SSSR count). The molecule has 1 heterocycles. The van der Waals surface area contributed by atoms with E-state index < -0.39 is 0 Å². The summed E-state index contributed by atoms with van der Waals surface area (Å²) in [6, 6.07) is 0. The number of carbonyl (C=O) groups is 1. The number of hydrogen-bond acceptors (Lipinski definition) is 3. The molecule has 2 unspecified atom stereocenters. The zero-order valence-electron chi connectivity index (χ0n) is 13.1. The van der Waals surface area contributed by atoms with Crippen molar-refractivity contribution in [2.45, 2.75) is 83.3 Å². The van der Waals surface area contributed by atoms with E-state index >= 15 is 0 Å². The Labute approximate surface area is 123 Å². The van der Waals surface area contributed by atoms with E-state index in [1.54, 1.807) is 7.11 Å². The molecule has 0 N–H and O–H groups in total. The Kier molecular flexibility index (Phi) is 6.34. The SMILES string of the molecule is CCCCCC1CCC(C2CCC(OC)CC2)OC1=O. The van der Waals surface area contributed by atoms with E-state index in [4.69, 9.17) is 9.47 Å². The fourth-order valence-electron chi connectivity index (χ4n) is 3.72. The minimum atomic E-state index is 0.0752. The zero-order valence-corrected chi connectivity index (χ0v) is 13.1. The molecule has 1 saturated carbocycles. The number of rotatable bonds is 6. The molecule has 0 aromatic rings. The van der Waals surface area contributed by atoms with Crippen LogP contribution < -0.4 is 0 Å². The van der Waals surface area contributed by atoms with Crippen molar-refractivity contribution in [1.29, 1.82) is 0 Å². The quantitative estimate of drug-likeness (QED) is 0.543. The molecule has 1 saturated heterocycles. The van der Waals surface area contributed by atoms with Crippen molar-refractivity contribution in [3.05, 3.63) is 0 Å². The maximum absolute atomic E-state index is 12.1. The Bertz CT molecular complexity index is 295. The maximum atomic E-state index is 12.1. The molecule has 20 heavy (non-hydrogen) atoms. The molecule has 3 heteroatoms. The molecule has 0 spiro atoms. The molecule has 0 aromatic carbocycles. The van der Waals surface area contributed by atoms with Crippen molar-refractivity contribution in [2.75, 3.05) is 7.11 Å². The highest BCUT2D eigenvalue weighted by molar-refractivity contribution is 5.73. The van der Waals surface area contributed by atoms with Crippen LogP contribution in [-0.2, 0) is 14.3 Å². The summed E-state index contributed by atoms with van der Waals surface area (Å²) in [7, 11) is 1.80. The van der Waals surface area contributed by atoms with Crippen LogP contribution in [0.15, 0.2) is 0 Å².